The standard InChI is InChI=1S/C38H28N2/c1-23-9-13-27(14-10-23)37(39)32-7-4-8-33(38(40)28-15-11-24(2)12-16-28)36(32)31-21-29-19-17-25-5-3-6-26-18-20-30(22-31)35(29)34(25)26/h3-22,39-40H,1-2H3. The van der Waals surface area contributed by atoms with Crippen LogP contribution in [0.25, 0.3) is 43.4 Å². The highest BCUT2D eigenvalue weighted by Gasteiger charge is 2.20. The van der Waals surface area contributed by atoms with E-state index in [1.165, 1.54) is 43.4 Å². The highest BCUT2D eigenvalue weighted by molar-refractivity contribution is 6.25. The van der Waals surface area contributed by atoms with Gasteiger partial charge in [-0.05, 0) is 63.9 Å². The van der Waals surface area contributed by atoms with E-state index in [9.17, 15) is 10.8 Å². The molecule has 0 radical (unpaired) electrons. The van der Waals surface area contributed by atoms with Crippen LogP contribution in [0.5, 0.6) is 0 Å². The molecule has 0 aliphatic carbocycles. The molecule has 0 fully saturated rings. The Hall–Kier alpha value is -5.08. The Morgan fingerprint density at radius 3 is 1.32 bits per heavy atom. The molecule has 0 aliphatic rings. The second kappa shape index (κ2) is 9.29. The Morgan fingerprint density at radius 2 is 0.850 bits per heavy atom. The van der Waals surface area contributed by atoms with Crippen LogP contribution >= 0.6 is 0 Å². The van der Waals surface area contributed by atoms with Crippen LogP contribution in [0.2, 0.25) is 0 Å². The number of nitrogens with one attached hydrogen (secondary N) is 2. The molecule has 0 unspecified atom stereocenters. The molecule has 0 spiro atoms. The largest absolute Gasteiger partial charge is 0.300 e. The van der Waals surface area contributed by atoms with Gasteiger partial charge in [0, 0.05) is 27.8 Å². The molecule has 0 saturated carbocycles. The summed E-state index contributed by atoms with van der Waals surface area (Å²) in [4.78, 5) is 0. The van der Waals surface area contributed by atoms with Gasteiger partial charge in [-0.1, -0.05) is 120 Å². The number of aryl methyl sites for hydroxylation is 2. The van der Waals surface area contributed by atoms with E-state index in [-0.39, 0.29) is 0 Å². The molecule has 2 heteroatoms. The zero-order valence-electron chi connectivity index (χ0n) is 22.5. The number of rotatable bonds is 5. The number of hydrogen-bond acceptors (Lipinski definition) is 2. The molecule has 0 heterocycles. The summed E-state index contributed by atoms with van der Waals surface area (Å²) < 4.78 is 0. The third kappa shape index (κ3) is 3.88. The van der Waals surface area contributed by atoms with Crippen LogP contribution in [0.3, 0.4) is 0 Å². The van der Waals surface area contributed by atoms with Gasteiger partial charge in [-0.25, -0.2) is 0 Å². The van der Waals surface area contributed by atoms with E-state index in [2.05, 4.69) is 92.7 Å². The summed E-state index contributed by atoms with van der Waals surface area (Å²) in [5.41, 5.74) is 8.56. The first kappa shape index (κ1) is 24.0. The summed E-state index contributed by atoms with van der Waals surface area (Å²) in [5.74, 6) is 0. The van der Waals surface area contributed by atoms with Crippen molar-refractivity contribution in [2.24, 2.45) is 0 Å². The van der Waals surface area contributed by atoms with Crippen molar-refractivity contribution in [3.63, 3.8) is 0 Å². The van der Waals surface area contributed by atoms with Crippen LogP contribution < -0.4 is 0 Å². The molecule has 7 aromatic rings. The van der Waals surface area contributed by atoms with Gasteiger partial charge in [0.2, 0.25) is 0 Å². The molecule has 0 atom stereocenters. The van der Waals surface area contributed by atoms with Crippen LogP contribution in [0.1, 0.15) is 33.4 Å². The lowest BCUT2D eigenvalue weighted by Gasteiger charge is -2.19. The van der Waals surface area contributed by atoms with E-state index in [1.807, 2.05) is 42.5 Å². The Morgan fingerprint density at radius 1 is 0.450 bits per heavy atom. The van der Waals surface area contributed by atoms with E-state index in [0.29, 0.717) is 11.4 Å². The summed E-state index contributed by atoms with van der Waals surface area (Å²) in [6.07, 6.45) is 0. The Balaban J connectivity index is 1.50. The van der Waals surface area contributed by atoms with Gasteiger partial charge in [-0.15, -0.1) is 0 Å². The van der Waals surface area contributed by atoms with E-state index in [4.69, 9.17) is 0 Å². The lowest BCUT2D eigenvalue weighted by Crippen LogP contribution is -2.10. The first-order chi connectivity index (χ1) is 19.5. The van der Waals surface area contributed by atoms with E-state index >= 15 is 0 Å². The SMILES string of the molecule is Cc1ccc(C(=N)c2cccc(C(=N)c3ccc(C)cc3)c2-c2cc3ccc4cccc5ccc(c2)c3c45)cc1. The molecular weight excluding hydrogens is 484 g/mol. The molecule has 0 aromatic heterocycles. The van der Waals surface area contributed by atoms with Gasteiger partial charge in [0.15, 0.2) is 0 Å². The van der Waals surface area contributed by atoms with Gasteiger partial charge in [0.25, 0.3) is 0 Å². The zero-order chi connectivity index (χ0) is 27.4. The van der Waals surface area contributed by atoms with Gasteiger partial charge in [-0.3, -0.25) is 10.8 Å². The number of hydrogen-bond donors (Lipinski definition) is 2. The van der Waals surface area contributed by atoms with Crippen LogP contribution in [-0.2, 0) is 0 Å². The summed E-state index contributed by atoms with van der Waals surface area (Å²) in [6, 6.07) is 42.0. The molecule has 0 saturated heterocycles. The first-order valence-corrected chi connectivity index (χ1v) is 13.6. The number of benzene rings is 7. The minimum Gasteiger partial charge on any atom is -0.300 e. The summed E-state index contributed by atoms with van der Waals surface area (Å²) in [7, 11) is 0. The smallest absolute Gasteiger partial charge is 0.0691 e. The lowest BCUT2D eigenvalue weighted by molar-refractivity contribution is 1.40. The fourth-order valence-electron chi connectivity index (χ4n) is 5.93. The average molecular weight is 513 g/mol. The summed E-state index contributed by atoms with van der Waals surface area (Å²) in [5, 5.41) is 26.0. The maximum absolute atomic E-state index is 9.30. The van der Waals surface area contributed by atoms with Crippen molar-refractivity contribution in [2.45, 2.75) is 13.8 Å². The molecule has 0 bridgehead atoms. The predicted molar refractivity (Wildman–Crippen MR) is 170 cm³/mol. The van der Waals surface area contributed by atoms with Gasteiger partial charge in [0.1, 0.15) is 0 Å². The fourth-order valence-corrected chi connectivity index (χ4v) is 5.93. The highest BCUT2D eigenvalue weighted by Crippen LogP contribution is 2.39. The van der Waals surface area contributed by atoms with Crippen molar-refractivity contribution in [1.82, 2.24) is 0 Å². The molecule has 7 aromatic carbocycles. The van der Waals surface area contributed by atoms with Crippen molar-refractivity contribution in [1.29, 1.82) is 10.8 Å². The topological polar surface area (TPSA) is 47.7 Å². The van der Waals surface area contributed by atoms with Crippen LogP contribution in [0, 0.1) is 24.7 Å². The summed E-state index contributed by atoms with van der Waals surface area (Å²) >= 11 is 0. The normalized spacial score (nSPS) is 11.4. The minimum atomic E-state index is 0.457. The lowest BCUT2D eigenvalue weighted by atomic mass is 9.84. The van der Waals surface area contributed by atoms with Crippen molar-refractivity contribution >= 4 is 43.7 Å². The zero-order valence-corrected chi connectivity index (χ0v) is 22.5. The molecule has 40 heavy (non-hydrogen) atoms. The molecule has 0 aliphatic heterocycles. The quantitative estimate of drug-likeness (QED) is 0.170. The van der Waals surface area contributed by atoms with Crippen LogP contribution in [0.4, 0.5) is 0 Å². The molecule has 2 N–H and O–H groups in total. The predicted octanol–water partition coefficient (Wildman–Crippen LogP) is 9.70. The third-order valence-electron chi connectivity index (χ3n) is 8.04. The van der Waals surface area contributed by atoms with E-state index < -0.39 is 0 Å². The Bertz CT molecular complexity index is 1940. The second-order valence-corrected chi connectivity index (χ2v) is 10.7. The van der Waals surface area contributed by atoms with Crippen molar-refractivity contribution in [2.75, 3.05) is 0 Å². The van der Waals surface area contributed by atoms with Gasteiger partial charge >= 0.3 is 0 Å². The highest BCUT2D eigenvalue weighted by atomic mass is 14.5. The first-order valence-electron chi connectivity index (χ1n) is 13.6. The van der Waals surface area contributed by atoms with Crippen LogP contribution in [0.15, 0.2) is 121 Å². The van der Waals surface area contributed by atoms with Crippen molar-refractivity contribution in [3.05, 3.63) is 155 Å². The second-order valence-electron chi connectivity index (χ2n) is 10.7. The van der Waals surface area contributed by atoms with Crippen molar-refractivity contribution in [3.8, 4) is 11.1 Å². The molecule has 0 amide bonds. The maximum atomic E-state index is 9.30. The average Bonchev–Trinajstić information content (AvgIpc) is 2.99. The third-order valence-corrected chi connectivity index (χ3v) is 8.04. The molecule has 190 valence electrons. The Labute approximate surface area is 233 Å². The molecule has 7 rings (SSSR count). The van der Waals surface area contributed by atoms with Gasteiger partial charge in [0.05, 0.1) is 11.4 Å². The van der Waals surface area contributed by atoms with E-state index in [0.717, 1.165) is 33.4 Å². The minimum absolute atomic E-state index is 0.457. The van der Waals surface area contributed by atoms with Gasteiger partial charge in [-0.2, -0.15) is 0 Å². The Kier molecular flexibility index (Phi) is 5.57. The summed E-state index contributed by atoms with van der Waals surface area (Å²) in [6.45, 7) is 4.12. The monoisotopic (exact) mass is 512 g/mol. The van der Waals surface area contributed by atoms with Gasteiger partial charge < -0.3 is 0 Å². The van der Waals surface area contributed by atoms with E-state index in [1.54, 1.807) is 0 Å². The molecular formula is C38H28N2. The fraction of sp³-hybridized carbons (Fsp3) is 0.0526. The van der Waals surface area contributed by atoms with Crippen molar-refractivity contribution < 1.29 is 0 Å². The maximum Gasteiger partial charge on any atom is 0.0691 e. The van der Waals surface area contributed by atoms with Crippen LogP contribution in [-0.4, -0.2) is 11.4 Å². The molecule has 2 nitrogen and oxygen atoms in total.